The van der Waals surface area contributed by atoms with E-state index < -0.39 is 6.09 Å². The lowest BCUT2D eigenvalue weighted by Crippen LogP contribution is -2.49. The minimum absolute atomic E-state index is 0.275. The van der Waals surface area contributed by atoms with E-state index in [9.17, 15) is 10.1 Å². The van der Waals surface area contributed by atoms with E-state index in [0.29, 0.717) is 30.2 Å². The van der Waals surface area contributed by atoms with Gasteiger partial charge in [0, 0.05) is 18.9 Å². The summed E-state index contributed by atoms with van der Waals surface area (Å²) in [6, 6.07) is 9.67. The molecule has 130 valence electrons. The Morgan fingerprint density at radius 2 is 2.20 bits per heavy atom. The second-order valence-electron chi connectivity index (χ2n) is 6.91. The van der Waals surface area contributed by atoms with Crippen LogP contribution in [0.2, 0.25) is 0 Å². The van der Waals surface area contributed by atoms with E-state index in [1.165, 1.54) is 0 Å². The molecule has 1 aromatic carbocycles. The maximum absolute atomic E-state index is 11.0. The molecule has 1 amide bonds. The summed E-state index contributed by atoms with van der Waals surface area (Å²) in [5.74, 6) is 1.19. The number of nitrogens with two attached hydrogens (primary N) is 1. The molecular formula is C17H19N5O2S. The Bertz CT molecular complexity index is 864. The van der Waals surface area contributed by atoms with Crippen LogP contribution >= 0.6 is 12.6 Å². The molecule has 0 radical (unpaired) electrons. The molecule has 25 heavy (non-hydrogen) atoms. The van der Waals surface area contributed by atoms with Gasteiger partial charge in [-0.2, -0.15) is 5.26 Å². The number of hydrogen-bond donors (Lipinski definition) is 2. The maximum atomic E-state index is 11.0. The lowest BCUT2D eigenvalue weighted by Gasteiger charge is -2.51. The second-order valence-corrected chi connectivity index (χ2v) is 7.31. The third kappa shape index (κ3) is 3.20. The first kappa shape index (κ1) is 17.3. The van der Waals surface area contributed by atoms with Crippen LogP contribution in [-0.4, -0.2) is 20.9 Å². The number of carbonyl (C=O) groups is 1. The van der Waals surface area contributed by atoms with Gasteiger partial charge in [0.15, 0.2) is 5.16 Å². The molecule has 1 aromatic heterocycles. The van der Waals surface area contributed by atoms with Crippen molar-refractivity contribution in [3.8, 4) is 11.8 Å². The summed E-state index contributed by atoms with van der Waals surface area (Å²) in [6.07, 6.45) is 1.14. The average molecular weight is 357 g/mol. The van der Waals surface area contributed by atoms with E-state index in [0.717, 1.165) is 11.4 Å². The van der Waals surface area contributed by atoms with Crippen LogP contribution in [0.1, 0.15) is 31.2 Å². The number of rotatable bonds is 4. The first-order valence-corrected chi connectivity index (χ1v) is 8.28. The van der Waals surface area contributed by atoms with E-state index in [4.69, 9.17) is 10.5 Å². The Labute approximate surface area is 151 Å². The summed E-state index contributed by atoms with van der Waals surface area (Å²) in [6.45, 7) is 1.95. The number of nitrogens with zero attached hydrogens (tertiary/aromatic N) is 4. The molecule has 1 fully saturated rings. The summed E-state index contributed by atoms with van der Waals surface area (Å²) in [5.41, 5.74) is 5.43. The maximum Gasteiger partial charge on any atom is 0.409 e. The summed E-state index contributed by atoms with van der Waals surface area (Å²) >= 11 is 4.28. The van der Waals surface area contributed by atoms with Crippen molar-refractivity contribution < 1.29 is 9.53 Å². The fourth-order valence-corrected chi connectivity index (χ4v) is 3.93. The Kier molecular flexibility index (Phi) is 4.21. The molecule has 8 heteroatoms. The minimum atomic E-state index is -0.852. The van der Waals surface area contributed by atoms with Crippen LogP contribution in [0.15, 0.2) is 29.4 Å². The number of benzene rings is 1. The van der Waals surface area contributed by atoms with E-state index in [2.05, 4.69) is 28.9 Å². The zero-order valence-corrected chi connectivity index (χ0v) is 15.0. The van der Waals surface area contributed by atoms with Gasteiger partial charge in [-0.1, -0.05) is 12.1 Å². The molecule has 1 saturated carbocycles. The van der Waals surface area contributed by atoms with Crippen LogP contribution in [0.3, 0.4) is 0 Å². The minimum Gasteiger partial charge on any atom is -0.410 e. The molecule has 1 aliphatic carbocycles. The van der Waals surface area contributed by atoms with Gasteiger partial charge in [-0.25, -0.2) is 4.79 Å². The standard InChI is InChI=1S/C17H19N5O2S/c1-16(10-18)8-17(9-16,7-13-20-21-15(25)22(13)2)11-4-3-5-12(6-11)24-14(19)23/h3-6H,7-9H2,1-2H3,(H2,19,23)(H,21,25). The Morgan fingerprint density at radius 1 is 1.48 bits per heavy atom. The molecule has 0 atom stereocenters. The van der Waals surface area contributed by atoms with Crippen LogP contribution in [0.25, 0.3) is 0 Å². The summed E-state index contributed by atoms with van der Waals surface area (Å²) < 4.78 is 6.83. The van der Waals surface area contributed by atoms with Gasteiger partial charge >= 0.3 is 6.09 Å². The van der Waals surface area contributed by atoms with Gasteiger partial charge in [-0.05, 0) is 37.5 Å². The third-order valence-corrected chi connectivity index (χ3v) is 5.22. The molecule has 2 N–H and O–H groups in total. The second kappa shape index (κ2) is 6.08. The zero-order chi connectivity index (χ0) is 18.2. The fourth-order valence-electron chi connectivity index (χ4n) is 3.77. The van der Waals surface area contributed by atoms with Crippen molar-refractivity contribution in [2.45, 2.75) is 36.8 Å². The number of ether oxygens (including phenoxy) is 1. The highest BCUT2D eigenvalue weighted by atomic mass is 32.1. The van der Waals surface area contributed by atoms with Crippen LogP contribution in [0, 0.1) is 16.7 Å². The van der Waals surface area contributed by atoms with Crippen molar-refractivity contribution >= 4 is 18.7 Å². The molecule has 3 rings (SSSR count). The topological polar surface area (TPSA) is 107 Å². The fraction of sp³-hybridized carbons (Fsp3) is 0.412. The van der Waals surface area contributed by atoms with Crippen molar-refractivity contribution in [3.63, 3.8) is 0 Å². The molecule has 7 nitrogen and oxygen atoms in total. The quantitative estimate of drug-likeness (QED) is 0.817. The van der Waals surface area contributed by atoms with Crippen LogP contribution in [0.5, 0.6) is 5.75 Å². The third-order valence-electron chi connectivity index (χ3n) is 4.83. The number of thiol groups is 1. The van der Waals surface area contributed by atoms with Gasteiger partial charge in [-0.15, -0.1) is 22.8 Å². The van der Waals surface area contributed by atoms with Crippen molar-refractivity contribution in [2.24, 2.45) is 18.2 Å². The molecular weight excluding hydrogens is 338 g/mol. The predicted octanol–water partition coefficient (Wildman–Crippen LogP) is 2.37. The van der Waals surface area contributed by atoms with Gasteiger partial charge in [0.05, 0.1) is 11.5 Å². The SMILES string of the molecule is Cn1c(S)nnc1CC1(c2cccc(OC(N)=O)c2)CC(C)(C#N)C1. The van der Waals surface area contributed by atoms with Crippen LogP contribution in [0.4, 0.5) is 4.79 Å². The van der Waals surface area contributed by atoms with E-state index in [1.54, 1.807) is 12.1 Å². The number of amides is 1. The van der Waals surface area contributed by atoms with Gasteiger partial charge < -0.3 is 15.0 Å². The lowest BCUT2D eigenvalue weighted by molar-refractivity contribution is 0.0887. The van der Waals surface area contributed by atoms with Crippen LogP contribution in [-0.2, 0) is 18.9 Å². The molecule has 2 aromatic rings. The zero-order valence-electron chi connectivity index (χ0n) is 14.1. The van der Waals surface area contributed by atoms with Gasteiger partial charge in [-0.3, -0.25) is 0 Å². The van der Waals surface area contributed by atoms with E-state index >= 15 is 0 Å². The van der Waals surface area contributed by atoms with Gasteiger partial charge in [0.1, 0.15) is 11.6 Å². The first-order chi connectivity index (χ1) is 11.8. The van der Waals surface area contributed by atoms with Crippen molar-refractivity contribution in [2.75, 3.05) is 0 Å². The Hall–Kier alpha value is -2.53. The number of primary amides is 1. The first-order valence-electron chi connectivity index (χ1n) is 7.83. The summed E-state index contributed by atoms with van der Waals surface area (Å²) in [5, 5.41) is 18.2. The smallest absolute Gasteiger partial charge is 0.409 e. The van der Waals surface area contributed by atoms with Crippen molar-refractivity contribution in [1.82, 2.24) is 14.8 Å². The number of aromatic nitrogens is 3. The lowest BCUT2D eigenvalue weighted by atomic mass is 9.50. The highest BCUT2D eigenvalue weighted by molar-refractivity contribution is 7.80. The summed E-state index contributed by atoms with van der Waals surface area (Å²) in [7, 11) is 1.86. The van der Waals surface area contributed by atoms with Gasteiger partial charge in [0.2, 0.25) is 0 Å². The Balaban J connectivity index is 1.97. The normalized spacial score (nSPS) is 25.0. The molecule has 0 spiro atoms. The highest BCUT2D eigenvalue weighted by Crippen LogP contribution is 2.57. The van der Waals surface area contributed by atoms with Crippen molar-refractivity contribution in [1.29, 1.82) is 5.26 Å². The molecule has 0 unspecified atom stereocenters. The van der Waals surface area contributed by atoms with E-state index in [-0.39, 0.29) is 10.8 Å². The molecule has 0 saturated heterocycles. The Morgan fingerprint density at radius 3 is 2.76 bits per heavy atom. The monoisotopic (exact) mass is 357 g/mol. The summed E-state index contributed by atoms with van der Waals surface area (Å²) in [4.78, 5) is 11.0. The largest absolute Gasteiger partial charge is 0.410 e. The van der Waals surface area contributed by atoms with Crippen LogP contribution < -0.4 is 10.5 Å². The number of nitriles is 1. The molecule has 1 aliphatic rings. The van der Waals surface area contributed by atoms with Gasteiger partial charge in [0.25, 0.3) is 0 Å². The van der Waals surface area contributed by atoms with E-state index in [1.807, 2.05) is 30.7 Å². The molecule has 1 heterocycles. The average Bonchev–Trinajstić information content (AvgIpc) is 2.84. The molecule has 0 bridgehead atoms. The van der Waals surface area contributed by atoms with Crippen molar-refractivity contribution in [3.05, 3.63) is 35.7 Å². The number of hydrogen-bond acceptors (Lipinski definition) is 6. The predicted molar refractivity (Wildman–Crippen MR) is 93.2 cm³/mol. The number of carbonyl (C=O) groups excluding carboxylic acids is 1. The highest BCUT2D eigenvalue weighted by Gasteiger charge is 2.53. The molecule has 0 aliphatic heterocycles.